The standard InChI is InChI=1S/C13H18N2O2/c1-2-9-15-13(16)10-17-12-6-4-3-5-11(12)7-8-14/h2-6H,1,7-10,14H2,(H,15,16). The first-order chi connectivity index (χ1) is 8.27. The van der Waals surface area contributed by atoms with Gasteiger partial charge in [-0.2, -0.15) is 0 Å². The molecule has 0 radical (unpaired) electrons. The number of nitrogens with two attached hydrogens (primary N) is 1. The Labute approximate surface area is 101 Å². The van der Waals surface area contributed by atoms with E-state index in [1.165, 1.54) is 0 Å². The van der Waals surface area contributed by atoms with E-state index in [4.69, 9.17) is 10.5 Å². The third-order valence-electron chi connectivity index (χ3n) is 2.19. The van der Waals surface area contributed by atoms with Crippen LogP contribution in [-0.2, 0) is 11.2 Å². The molecule has 1 aromatic rings. The molecule has 0 spiro atoms. The molecule has 0 fully saturated rings. The minimum atomic E-state index is -0.160. The average molecular weight is 234 g/mol. The monoisotopic (exact) mass is 234 g/mol. The highest BCUT2D eigenvalue weighted by atomic mass is 16.5. The number of nitrogens with one attached hydrogen (secondary N) is 1. The number of amides is 1. The van der Waals surface area contributed by atoms with Crippen LogP contribution >= 0.6 is 0 Å². The lowest BCUT2D eigenvalue weighted by Crippen LogP contribution is -2.29. The van der Waals surface area contributed by atoms with Gasteiger partial charge in [0.15, 0.2) is 6.61 Å². The Balaban J connectivity index is 2.50. The third kappa shape index (κ3) is 4.70. The van der Waals surface area contributed by atoms with Crippen LogP contribution < -0.4 is 15.8 Å². The van der Waals surface area contributed by atoms with Crippen molar-refractivity contribution in [3.05, 3.63) is 42.5 Å². The molecule has 0 atom stereocenters. The van der Waals surface area contributed by atoms with E-state index >= 15 is 0 Å². The van der Waals surface area contributed by atoms with Gasteiger partial charge in [-0.3, -0.25) is 4.79 Å². The van der Waals surface area contributed by atoms with Crippen LogP contribution in [0.2, 0.25) is 0 Å². The van der Waals surface area contributed by atoms with Gasteiger partial charge in [0.25, 0.3) is 5.91 Å². The molecule has 0 bridgehead atoms. The Bertz CT molecular complexity index is 377. The highest BCUT2D eigenvalue weighted by Crippen LogP contribution is 2.17. The van der Waals surface area contributed by atoms with Gasteiger partial charge in [-0.05, 0) is 24.6 Å². The molecule has 0 aliphatic rings. The maximum absolute atomic E-state index is 11.3. The van der Waals surface area contributed by atoms with Gasteiger partial charge in [0.1, 0.15) is 5.75 Å². The summed E-state index contributed by atoms with van der Waals surface area (Å²) in [6.45, 7) is 4.54. The molecule has 4 nitrogen and oxygen atoms in total. The summed E-state index contributed by atoms with van der Waals surface area (Å²) in [5, 5.41) is 2.65. The number of benzene rings is 1. The molecule has 0 saturated heterocycles. The largest absolute Gasteiger partial charge is 0.483 e. The highest BCUT2D eigenvalue weighted by molar-refractivity contribution is 5.77. The first-order valence-electron chi connectivity index (χ1n) is 5.56. The van der Waals surface area contributed by atoms with E-state index in [1.54, 1.807) is 6.08 Å². The summed E-state index contributed by atoms with van der Waals surface area (Å²) < 4.78 is 5.45. The minimum absolute atomic E-state index is 0.00935. The number of ether oxygens (including phenoxy) is 1. The van der Waals surface area contributed by atoms with Gasteiger partial charge < -0.3 is 15.8 Å². The number of carbonyl (C=O) groups is 1. The van der Waals surface area contributed by atoms with Crippen LogP contribution in [0.5, 0.6) is 5.75 Å². The SMILES string of the molecule is C=CCNC(=O)COc1ccccc1CCN. The molecular weight excluding hydrogens is 216 g/mol. The van der Waals surface area contributed by atoms with Gasteiger partial charge in [0.2, 0.25) is 0 Å². The van der Waals surface area contributed by atoms with Crippen LogP contribution in [0, 0.1) is 0 Å². The van der Waals surface area contributed by atoms with Gasteiger partial charge in [-0.25, -0.2) is 0 Å². The average Bonchev–Trinajstić information content (AvgIpc) is 2.35. The van der Waals surface area contributed by atoms with Crippen LogP contribution in [0.4, 0.5) is 0 Å². The lowest BCUT2D eigenvalue weighted by Gasteiger charge is -2.10. The topological polar surface area (TPSA) is 64.3 Å². The number of rotatable bonds is 7. The second kappa shape index (κ2) is 7.46. The predicted molar refractivity (Wildman–Crippen MR) is 67.9 cm³/mol. The van der Waals surface area contributed by atoms with Gasteiger partial charge in [0, 0.05) is 6.54 Å². The van der Waals surface area contributed by atoms with E-state index in [2.05, 4.69) is 11.9 Å². The zero-order chi connectivity index (χ0) is 12.5. The summed E-state index contributed by atoms with van der Waals surface area (Å²) in [4.78, 5) is 11.3. The maximum atomic E-state index is 11.3. The van der Waals surface area contributed by atoms with E-state index in [-0.39, 0.29) is 12.5 Å². The highest BCUT2D eigenvalue weighted by Gasteiger charge is 2.05. The summed E-state index contributed by atoms with van der Waals surface area (Å²) in [5.41, 5.74) is 6.53. The number of hydrogen-bond acceptors (Lipinski definition) is 3. The molecule has 1 rings (SSSR count). The van der Waals surface area contributed by atoms with Crippen molar-refractivity contribution in [1.82, 2.24) is 5.32 Å². The van der Waals surface area contributed by atoms with Gasteiger partial charge in [-0.15, -0.1) is 6.58 Å². The van der Waals surface area contributed by atoms with Crippen molar-refractivity contribution in [2.24, 2.45) is 5.73 Å². The molecular formula is C13H18N2O2. The minimum Gasteiger partial charge on any atom is -0.483 e. The molecule has 3 N–H and O–H groups in total. The maximum Gasteiger partial charge on any atom is 0.258 e. The zero-order valence-electron chi connectivity index (χ0n) is 9.82. The summed E-state index contributed by atoms with van der Waals surface area (Å²) in [5.74, 6) is 0.555. The van der Waals surface area contributed by atoms with Crippen molar-refractivity contribution in [1.29, 1.82) is 0 Å². The van der Waals surface area contributed by atoms with Crippen molar-refractivity contribution in [2.75, 3.05) is 19.7 Å². The fourth-order valence-electron chi connectivity index (χ4n) is 1.39. The van der Waals surface area contributed by atoms with Crippen molar-refractivity contribution in [3.63, 3.8) is 0 Å². The Morgan fingerprint density at radius 1 is 1.47 bits per heavy atom. The van der Waals surface area contributed by atoms with Crippen LogP contribution in [0.15, 0.2) is 36.9 Å². The molecule has 4 heteroatoms. The first-order valence-corrected chi connectivity index (χ1v) is 5.56. The Morgan fingerprint density at radius 2 is 2.24 bits per heavy atom. The molecule has 0 aliphatic carbocycles. The molecule has 1 amide bonds. The fourth-order valence-corrected chi connectivity index (χ4v) is 1.39. The number of hydrogen-bond donors (Lipinski definition) is 2. The van der Waals surface area contributed by atoms with Crippen molar-refractivity contribution >= 4 is 5.91 Å². The van der Waals surface area contributed by atoms with Crippen molar-refractivity contribution in [3.8, 4) is 5.75 Å². The second-order valence-corrected chi connectivity index (χ2v) is 3.53. The molecule has 1 aromatic carbocycles. The van der Waals surface area contributed by atoms with Crippen LogP contribution in [0.25, 0.3) is 0 Å². The first kappa shape index (κ1) is 13.3. The van der Waals surface area contributed by atoms with E-state index < -0.39 is 0 Å². The van der Waals surface area contributed by atoms with Crippen molar-refractivity contribution in [2.45, 2.75) is 6.42 Å². The quantitative estimate of drug-likeness (QED) is 0.688. The Kier molecular flexibility index (Phi) is 5.82. The molecule has 0 saturated carbocycles. The van der Waals surface area contributed by atoms with Gasteiger partial charge in [0.05, 0.1) is 0 Å². The smallest absolute Gasteiger partial charge is 0.258 e. The normalized spacial score (nSPS) is 9.71. The second-order valence-electron chi connectivity index (χ2n) is 3.53. The lowest BCUT2D eigenvalue weighted by atomic mass is 10.1. The number of carbonyl (C=O) groups excluding carboxylic acids is 1. The van der Waals surface area contributed by atoms with Gasteiger partial charge >= 0.3 is 0 Å². The molecule has 0 aliphatic heterocycles. The van der Waals surface area contributed by atoms with Crippen LogP contribution in [0.1, 0.15) is 5.56 Å². The summed E-state index contributed by atoms with van der Waals surface area (Å²) in [7, 11) is 0. The lowest BCUT2D eigenvalue weighted by molar-refractivity contribution is -0.122. The molecule has 17 heavy (non-hydrogen) atoms. The van der Waals surface area contributed by atoms with Gasteiger partial charge in [-0.1, -0.05) is 24.3 Å². The summed E-state index contributed by atoms with van der Waals surface area (Å²) in [6, 6.07) is 7.59. The third-order valence-corrected chi connectivity index (χ3v) is 2.19. The van der Waals surface area contributed by atoms with E-state index in [1.807, 2.05) is 24.3 Å². The number of para-hydroxylation sites is 1. The Morgan fingerprint density at radius 3 is 2.94 bits per heavy atom. The molecule has 92 valence electrons. The van der Waals surface area contributed by atoms with E-state index in [0.29, 0.717) is 18.8 Å². The van der Waals surface area contributed by atoms with Crippen LogP contribution in [-0.4, -0.2) is 25.6 Å². The predicted octanol–water partition coefficient (Wildman–Crippen LogP) is 0.869. The zero-order valence-corrected chi connectivity index (χ0v) is 9.82. The fraction of sp³-hybridized carbons (Fsp3) is 0.308. The summed E-state index contributed by atoms with van der Waals surface area (Å²) in [6.07, 6.45) is 2.37. The molecule has 0 heterocycles. The Hall–Kier alpha value is -1.81. The molecule has 0 aromatic heterocycles. The van der Waals surface area contributed by atoms with E-state index in [9.17, 15) is 4.79 Å². The van der Waals surface area contributed by atoms with E-state index in [0.717, 1.165) is 12.0 Å². The van der Waals surface area contributed by atoms with Crippen LogP contribution in [0.3, 0.4) is 0 Å². The molecule has 0 unspecified atom stereocenters. The summed E-state index contributed by atoms with van der Waals surface area (Å²) >= 11 is 0. The van der Waals surface area contributed by atoms with Crippen molar-refractivity contribution < 1.29 is 9.53 Å².